The Hall–Kier alpha value is -6.98. The molecule has 2 unspecified atom stereocenters. The van der Waals surface area contributed by atoms with Crippen molar-refractivity contribution in [1.82, 2.24) is 30.2 Å². The molecule has 22 heteroatoms. The first-order valence-electron chi connectivity index (χ1n) is 27.3. The van der Waals surface area contributed by atoms with Crippen molar-refractivity contribution in [3.63, 3.8) is 0 Å². The minimum Gasteiger partial charge on any atom is -0.474 e. The van der Waals surface area contributed by atoms with Gasteiger partial charge in [0.1, 0.15) is 17.0 Å². The first-order chi connectivity index (χ1) is 38.4. The number of amides is 4. The molecule has 6 heterocycles. The number of carboxylic acids is 1. The topological polar surface area (TPSA) is 262 Å². The van der Waals surface area contributed by atoms with Gasteiger partial charge in [-0.2, -0.15) is 0 Å². The monoisotopic (exact) mass is 1150 g/mol. The molecule has 432 valence electrons. The van der Waals surface area contributed by atoms with E-state index in [-0.39, 0.29) is 48.0 Å². The van der Waals surface area contributed by atoms with Crippen molar-refractivity contribution in [3.8, 4) is 0 Å². The summed E-state index contributed by atoms with van der Waals surface area (Å²) in [4.78, 5) is 92.0. The molecule has 10 rings (SSSR count). The molecule has 0 bridgehead atoms. The maximum Gasteiger partial charge on any atom is 0.413 e. The second-order valence-corrected chi connectivity index (χ2v) is 24.9. The molecule has 6 atom stereocenters. The second-order valence-electron chi connectivity index (χ2n) is 23.1. The Balaban J connectivity index is 0.000000176. The smallest absolute Gasteiger partial charge is 0.413 e. The Kier molecular flexibility index (Phi) is 19.2. The average Bonchev–Trinajstić information content (AvgIpc) is 4.40. The van der Waals surface area contributed by atoms with Gasteiger partial charge in [0, 0.05) is 44.8 Å². The van der Waals surface area contributed by atoms with E-state index in [0.717, 1.165) is 71.1 Å². The third-order valence-electron chi connectivity index (χ3n) is 14.3. The third kappa shape index (κ3) is 16.4. The van der Waals surface area contributed by atoms with E-state index in [1.807, 2.05) is 64.6 Å². The predicted octanol–water partition coefficient (Wildman–Crippen LogP) is 10.3. The van der Waals surface area contributed by atoms with Crippen molar-refractivity contribution in [3.05, 3.63) is 99.9 Å². The second kappa shape index (κ2) is 25.9. The zero-order valence-corrected chi connectivity index (χ0v) is 49.1. The van der Waals surface area contributed by atoms with Gasteiger partial charge in [-0.05, 0) is 151 Å². The van der Waals surface area contributed by atoms with Gasteiger partial charge in [-0.15, -0.1) is 22.7 Å². The first-order valence-corrected chi connectivity index (χ1v) is 29.0. The molecule has 4 aliphatic rings. The Morgan fingerprint density at radius 3 is 1.83 bits per heavy atom. The highest BCUT2D eigenvalue weighted by Crippen LogP contribution is 2.45. The van der Waals surface area contributed by atoms with Gasteiger partial charge >= 0.3 is 35.8 Å². The van der Waals surface area contributed by atoms with Gasteiger partial charge in [0.15, 0.2) is 0 Å². The summed E-state index contributed by atoms with van der Waals surface area (Å²) >= 11 is 3.25. The van der Waals surface area contributed by atoms with E-state index in [4.69, 9.17) is 24.1 Å². The number of methoxy groups -OCH3 is 2. The number of ether oxygens (including phenoxy) is 4. The molecule has 20 nitrogen and oxygen atoms in total. The maximum atomic E-state index is 13.6. The number of carboxylic acid groups (broad SMARTS) is 1. The molecule has 4 fully saturated rings. The Morgan fingerprint density at radius 2 is 1.23 bits per heavy atom. The van der Waals surface area contributed by atoms with E-state index < -0.39 is 41.0 Å². The van der Waals surface area contributed by atoms with Crippen molar-refractivity contribution in [2.24, 2.45) is 11.8 Å². The summed E-state index contributed by atoms with van der Waals surface area (Å²) in [5.74, 6) is -2.85. The Labute approximate surface area is 479 Å². The Morgan fingerprint density at radius 1 is 0.679 bits per heavy atom. The highest BCUT2D eigenvalue weighted by Gasteiger charge is 2.40. The van der Waals surface area contributed by atoms with Crippen LogP contribution in [0.1, 0.15) is 146 Å². The van der Waals surface area contributed by atoms with Crippen molar-refractivity contribution in [1.29, 1.82) is 0 Å². The summed E-state index contributed by atoms with van der Waals surface area (Å²) in [5, 5.41) is 19.8. The van der Waals surface area contributed by atoms with Crippen molar-refractivity contribution in [2.75, 3.05) is 43.3 Å². The number of anilines is 3. The zero-order chi connectivity index (χ0) is 58.3. The number of pyridine rings is 2. The number of benzene rings is 2. The fourth-order valence-electron chi connectivity index (χ4n) is 10.0. The highest BCUT2D eigenvalue weighted by molar-refractivity contribution is 7.17. The molecule has 2 aliphatic heterocycles. The lowest BCUT2D eigenvalue weighted by Gasteiger charge is -2.42. The number of nitrogens with one attached hydrogen (secondary N) is 4. The van der Waals surface area contributed by atoms with Crippen LogP contribution in [0.4, 0.5) is 22.0 Å². The summed E-state index contributed by atoms with van der Waals surface area (Å²) in [6.45, 7) is 16.4. The number of likely N-dealkylation sites (tertiary alicyclic amines) is 1. The quantitative estimate of drug-likeness (QED) is 0.0597. The standard InChI is InChI=1S/C30H36N4O5S.C15H19N3O5.C14H18N2OS/c1-17-15-34(24(13-25(17)38-5)19-8-9-26-23(10-19)32-16-40-26)29(37)28(36)33-20-11-21(18-6-7-18)22(31-14-20)12-27(35)39-30(2,3)4;1-15(2,3)23-14(22)18-11-10(8-4-5-8)6-9(7-16-11)17-12(19)13(20)21;1-9-7-15-11(6-13(9)17-2)10-3-4-14-12(5-10)16-8-18-14/h8-11,14,16-18,24-25H,6-7,12-13,15H2,1-5H3,(H,33,36);6-8H,4-5H2,1-3H3,(H,17,19)(H,20,21)(H,16,18,22);3-5,8-9,11,13,15H,6-7H2,1-2H3/t17-,24-,25?;;9-,11-,13?/m0.0/s1. The molecular formula is C59H73N9O11S2. The number of nitrogens with zero attached hydrogens (tertiary/aromatic N) is 5. The lowest BCUT2D eigenvalue weighted by atomic mass is 9.87. The van der Waals surface area contributed by atoms with E-state index in [2.05, 4.69) is 66.3 Å². The molecule has 81 heavy (non-hydrogen) atoms. The first kappa shape index (κ1) is 60.1. The summed E-state index contributed by atoms with van der Waals surface area (Å²) in [5.41, 5.74) is 9.75. The number of aliphatic carboxylic acids is 1. The van der Waals surface area contributed by atoms with E-state index >= 15 is 0 Å². The SMILES string of the molecule is CC(C)(C)OC(=O)Nc1ncc(NC(=O)C(=O)O)cc1C1CC1.COC1C[C@@H](c2ccc3scnc3c2)N(C(=O)C(=O)Nc2cnc(CC(=O)OC(C)(C)C)c(C3CC3)c2)C[C@@H]1C.COC1C[C@@H](c2ccc3scnc3c2)NC[C@@H]1C. The molecule has 4 aromatic heterocycles. The normalized spacial score (nSPS) is 20.9. The predicted molar refractivity (Wildman–Crippen MR) is 310 cm³/mol. The number of esters is 1. The van der Waals surface area contributed by atoms with Gasteiger partial charge in [-0.1, -0.05) is 26.0 Å². The average molecular weight is 1150 g/mol. The number of carbonyl (C=O) groups is 6. The lowest BCUT2D eigenvalue weighted by molar-refractivity contribution is -0.154. The molecule has 2 aliphatic carbocycles. The zero-order valence-electron chi connectivity index (χ0n) is 47.5. The van der Waals surface area contributed by atoms with Crippen molar-refractivity contribution in [2.45, 2.75) is 148 Å². The summed E-state index contributed by atoms with van der Waals surface area (Å²) in [6.07, 6.45) is 8.06. The van der Waals surface area contributed by atoms with Gasteiger partial charge < -0.3 is 44.9 Å². The number of rotatable bonds is 11. The number of piperidine rings is 2. The van der Waals surface area contributed by atoms with Gasteiger partial charge in [-0.3, -0.25) is 29.5 Å². The summed E-state index contributed by atoms with van der Waals surface area (Å²) in [6, 6.07) is 16.1. The van der Waals surface area contributed by atoms with Crippen LogP contribution in [0.25, 0.3) is 20.4 Å². The van der Waals surface area contributed by atoms with Gasteiger partial charge in [0.2, 0.25) is 0 Å². The van der Waals surface area contributed by atoms with E-state index in [0.29, 0.717) is 48.2 Å². The molecule has 0 spiro atoms. The van der Waals surface area contributed by atoms with Crippen LogP contribution < -0.4 is 21.3 Å². The number of aromatic nitrogens is 4. The van der Waals surface area contributed by atoms with Gasteiger partial charge in [-0.25, -0.2) is 24.5 Å². The van der Waals surface area contributed by atoms with Crippen LogP contribution >= 0.6 is 22.7 Å². The molecule has 2 saturated heterocycles. The number of carbonyl (C=O) groups excluding carboxylic acids is 5. The van der Waals surface area contributed by atoms with E-state index in [9.17, 15) is 28.8 Å². The van der Waals surface area contributed by atoms with E-state index in [1.54, 1.807) is 67.0 Å². The van der Waals surface area contributed by atoms with Crippen LogP contribution in [0.3, 0.4) is 0 Å². The summed E-state index contributed by atoms with van der Waals surface area (Å²) in [7, 11) is 3.50. The van der Waals surface area contributed by atoms with Crippen LogP contribution in [0.2, 0.25) is 0 Å². The van der Waals surface area contributed by atoms with Crippen LogP contribution in [-0.4, -0.2) is 116 Å². The highest BCUT2D eigenvalue weighted by atomic mass is 32.1. The van der Waals surface area contributed by atoms with Crippen LogP contribution in [0, 0.1) is 11.8 Å². The summed E-state index contributed by atoms with van der Waals surface area (Å²) < 4.78 is 24.3. The van der Waals surface area contributed by atoms with Crippen LogP contribution in [0.15, 0.2) is 71.9 Å². The molecular weight excluding hydrogens is 1070 g/mol. The van der Waals surface area contributed by atoms with E-state index in [1.165, 1.54) is 22.7 Å². The fourth-order valence-corrected chi connectivity index (χ4v) is 11.3. The number of thiazole rings is 2. The molecule has 2 aromatic carbocycles. The largest absolute Gasteiger partial charge is 0.474 e. The molecule has 2 saturated carbocycles. The molecule has 6 aromatic rings. The number of hydrogen-bond donors (Lipinski definition) is 5. The molecule has 0 radical (unpaired) electrons. The molecule has 5 N–H and O–H groups in total. The fraction of sp³-hybridized carbons (Fsp3) is 0.492. The van der Waals surface area contributed by atoms with Crippen LogP contribution in [0.5, 0.6) is 0 Å². The number of hydrogen-bond acceptors (Lipinski definition) is 17. The maximum absolute atomic E-state index is 13.6. The minimum absolute atomic E-state index is 0.0361. The van der Waals surface area contributed by atoms with Gasteiger partial charge in [0.25, 0.3) is 0 Å². The lowest BCUT2D eigenvalue weighted by Crippen LogP contribution is -2.50. The number of fused-ring (bicyclic) bond motifs is 2. The van der Waals surface area contributed by atoms with Gasteiger partial charge in [0.05, 0.1) is 85.6 Å². The third-order valence-corrected chi connectivity index (χ3v) is 15.9. The van der Waals surface area contributed by atoms with Crippen molar-refractivity contribution >= 4 is 96.1 Å². The van der Waals surface area contributed by atoms with Crippen LogP contribution in [-0.2, 0) is 49.3 Å². The Bertz CT molecular complexity index is 3250. The molecule has 4 amide bonds. The van der Waals surface area contributed by atoms with Crippen molar-refractivity contribution < 1.29 is 52.8 Å². The minimum atomic E-state index is -1.58.